The number of nitrogens with one attached hydrogen (secondary N) is 1. The molecular weight excluding hydrogens is 394 g/mol. The van der Waals surface area contributed by atoms with E-state index in [1.165, 1.54) is 0 Å². The van der Waals surface area contributed by atoms with E-state index in [0.29, 0.717) is 29.8 Å². The van der Waals surface area contributed by atoms with Gasteiger partial charge in [0.25, 0.3) is 0 Å². The van der Waals surface area contributed by atoms with Crippen LogP contribution in [0.15, 0.2) is 35.1 Å². The van der Waals surface area contributed by atoms with Gasteiger partial charge in [0.15, 0.2) is 5.58 Å². The molecule has 156 valence electrons. The Morgan fingerprint density at radius 3 is 2.77 bits per heavy atom. The van der Waals surface area contributed by atoms with Gasteiger partial charge >= 0.3 is 0 Å². The SMILES string of the molecule is Cc1ncc(-c2nc3cc(C4CCOC4)ncc3o2)c2cc(NC(=O)C3CC3)ncc12. The van der Waals surface area contributed by atoms with E-state index in [9.17, 15) is 4.79 Å². The summed E-state index contributed by atoms with van der Waals surface area (Å²) in [7, 11) is 0. The predicted octanol–water partition coefficient (Wildman–Crippen LogP) is 3.99. The average Bonchev–Trinajstić information content (AvgIpc) is 3.32. The Morgan fingerprint density at radius 2 is 1.97 bits per heavy atom. The minimum absolute atomic E-state index is 0.0236. The van der Waals surface area contributed by atoms with Crippen LogP contribution in [-0.4, -0.2) is 39.1 Å². The summed E-state index contributed by atoms with van der Waals surface area (Å²) in [6, 6.07) is 3.85. The van der Waals surface area contributed by atoms with Crippen LogP contribution in [0, 0.1) is 12.8 Å². The molecule has 2 fully saturated rings. The van der Waals surface area contributed by atoms with E-state index >= 15 is 0 Å². The lowest BCUT2D eigenvalue weighted by molar-refractivity contribution is -0.117. The maximum absolute atomic E-state index is 12.2. The molecule has 8 heteroatoms. The molecule has 0 radical (unpaired) electrons. The average molecular weight is 415 g/mol. The van der Waals surface area contributed by atoms with Crippen molar-refractivity contribution in [1.82, 2.24) is 19.9 Å². The van der Waals surface area contributed by atoms with Crippen LogP contribution in [-0.2, 0) is 9.53 Å². The fourth-order valence-corrected chi connectivity index (χ4v) is 4.04. The fourth-order valence-electron chi connectivity index (χ4n) is 4.04. The number of carbonyl (C=O) groups excluding carboxylic acids is 1. The molecule has 5 heterocycles. The second-order valence-corrected chi connectivity index (χ2v) is 8.29. The number of anilines is 1. The Morgan fingerprint density at radius 1 is 1.06 bits per heavy atom. The van der Waals surface area contributed by atoms with E-state index in [2.05, 4.69) is 20.3 Å². The van der Waals surface area contributed by atoms with Crippen molar-refractivity contribution < 1.29 is 13.9 Å². The fraction of sp³-hybridized carbons (Fsp3) is 0.348. The van der Waals surface area contributed by atoms with Gasteiger partial charge in [-0.2, -0.15) is 0 Å². The molecule has 0 aromatic carbocycles. The second kappa shape index (κ2) is 7.09. The summed E-state index contributed by atoms with van der Waals surface area (Å²) in [5.74, 6) is 1.43. The molecule has 2 aliphatic rings. The van der Waals surface area contributed by atoms with Gasteiger partial charge in [0.1, 0.15) is 11.3 Å². The largest absolute Gasteiger partial charge is 0.434 e. The van der Waals surface area contributed by atoms with Gasteiger partial charge in [0, 0.05) is 53.0 Å². The molecule has 6 rings (SSSR count). The van der Waals surface area contributed by atoms with Crippen molar-refractivity contribution in [3.05, 3.63) is 42.1 Å². The van der Waals surface area contributed by atoms with Crippen LogP contribution in [0.25, 0.3) is 33.3 Å². The Kier molecular flexibility index (Phi) is 4.21. The number of hydrogen-bond donors (Lipinski definition) is 1. The van der Waals surface area contributed by atoms with Gasteiger partial charge in [0.2, 0.25) is 11.8 Å². The van der Waals surface area contributed by atoms with Crippen LogP contribution in [0.5, 0.6) is 0 Å². The molecule has 1 saturated heterocycles. The minimum atomic E-state index is 0.0236. The van der Waals surface area contributed by atoms with Crippen LogP contribution >= 0.6 is 0 Å². The number of carbonyl (C=O) groups is 1. The number of aryl methyl sites for hydroxylation is 1. The van der Waals surface area contributed by atoms with Crippen molar-refractivity contribution in [2.24, 2.45) is 5.92 Å². The first-order valence-electron chi connectivity index (χ1n) is 10.6. The first-order chi connectivity index (χ1) is 15.2. The highest BCUT2D eigenvalue weighted by Gasteiger charge is 2.30. The zero-order valence-corrected chi connectivity index (χ0v) is 17.1. The lowest BCUT2D eigenvalue weighted by Gasteiger charge is -2.08. The van der Waals surface area contributed by atoms with Crippen molar-refractivity contribution in [3.63, 3.8) is 0 Å². The normalized spacial score (nSPS) is 18.7. The molecule has 8 nitrogen and oxygen atoms in total. The first kappa shape index (κ1) is 18.4. The maximum atomic E-state index is 12.2. The summed E-state index contributed by atoms with van der Waals surface area (Å²) < 4.78 is 11.5. The number of hydrogen-bond acceptors (Lipinski definition) is 7. The van der Waals surface area contributed by atoms with E-state index in [0.717, 1.165) is 59.1 Å². The van der Waals surface area contributed by atoms with Gasteiger partial charge in [-0.05, 0) is 38.3 Å². The molecule has 1 atom stereocenters. The number of nitrogens with zero attached hydrogens (tertiary/aromatic N) is 4. The van der Waals surface area contributed by atoms with Gasteiger partial charge in [0.05, 0.1) is 18.4 Å². The third-order valence-electron chi connectivity index (χ3n) is 6.05. The highest BCUT2D eigenvalue weighted by molar-refractivity contribution is 6.00. The Labute approximate surface area is 178 Å². The van der Waals surface area contributed by atoms with Crippen LogP contribution in [0.1, 0.15) is 36.6 Å². The molecule has 1 unspecified atom stereocenters. The number of rotatable bonds is 4. The monoisotopic (exact) mass is 415 g/mol. The number of aromatic nitrogens is 4. The molecular formula is C23H21N5O3. The number of pyridine rings is 3. The molecule has 1 saturated carbocycles. The summed E-state index contributed by atoms with van der Waals surface area (Å²) >= 11 is 0. The number of fused-ring (bicyclic) bond motifs is 2. The number of oxazole rings is 1. The van der Waals surface area contributed by atoms with Gasteiger partial charge in [-0.1, -0.05) is 0 Å². The van der Waals surface area contributed by atoms with E-state index in [4.69, 9.17) is 14.1 Å². The van der Waals surface area contributed by atoms with Gasteiger partial charge < -0.3 is 14.5 Å². The van der Waals surface area contributed by atoms with Crippen molar-refractivity contribution >= 4 is 33.6 Å². The van der Waals surface area contributed by atoms with Crippen molar-refractivity contribution in [2.45, 2.75) is 32.1 Å². The number of ether oxygens (including phenoxy) is 1. The predicted molar refractivity (Wildman–Crippen MR) is 115 cm³/mol. The Bertz CT molecular complexity index is 1320. The molecule has 0 spiro atoms. The zero-order chi connectivity index (χ0) is 20.9. The van der Waals surface area contributed by atoms with Gasteiger partial charge in [-0.15, -0.1) is 0 Å². The zero-order valence-electron chi connectivity index (χ0n) is 17.1. The van der Waals surface area contributed by atoms with E-state index in [1.807, 2.05) is 19.1 Å². The highest BCUT2D eigenvalue weighted by atomic mass is 16.5. The molecule has 0 bridgehead atoms. The lowest BCUT2D eigenvalue weighted by Crippen LogP contribution is -2.14. The molecule has 31 heavy (non-hydrogen) atoms. The smallest absolute Gasteiger partial charge is 0.229 e. The van der Waals surface area contributed by atoms with Crippen molar-refractivity contribution in [3.8, 4) is 11.5 Å². The molecule has 1 N–H and O–H groups in total. The third-order valence-corrected chi connectivity index (χ3v) is 6.05. The molecule has 4 aromatic heterocycles. The maximum Gasteiger partial charge on any atom is 0.229 e. The van der Waals surface area contributed by atoms with E-state index in [-0.39, 0.29) is 11.8 Å². The van der Waals surface area contributed by atoms with Crippen molar-refractivity contribution in [1.29, 1.82) is 0 Å². The van der Waals surface area contributed by atoms with Crippen LogP contribution in [0.2, 0.25) is 0 Å². The first-order valence-corrected chi connectivity index (χ1v) is 10.6. The highest BCUT2D eigenvalue weighted by Crippen LogP contribution is 2.34. The third kappa shape index (κ3) is 3.33. The van der Waals surface area contributed by atoms with Crippen LogP contribution < -0.4 is 5.32 Å². The standard InChI is InChI=1S/C23H21N5O3/c1-12-16-8-26-21(28-22(29)13-2-3-13)6-15(16)17(9-24-12)23-27-19-7-18(14-4-5-30-11-14)25-10-20(19)31-23/h6-10,13-14H,2-5,11H2,1H3,(H,26,28,29). The summed E-state index contributed by atoms with van der Waals surface area (Å²) in [6.07, 6.45) is 8.09. The molecule has 4 aromatic rings. The van der Waals surface area contributed by atoms with Gasteiger partial charge in [-0.25, -0.2) is 9.97 Å². The Hall–Kier alpha value is -3.39. The lowest BCUT2D eigenvalue weighted by atomic mass is 10.0. The summed E-state index contributed by atoms with van der Waals surface area (Å²) in [4.78, 5) is 30.4. The van der Waals surface area contributed by atoms with Crippen LogP contribution in [0.4, 0.5) is 5.82 Å². The van der Waals surface area contributed by atoms with Crippen molar-refractivity contribution in [2.75, 3.05) is 18.5 Å². The molecule has 1 aliphatic carbocycles. The summed E-state index contributed by atoms with van der Waals surface area (Å²) in [5.41, 5.74) is 3.98. The Balaban J connectivity index is 1.42. The number of amides is 1. The van der Waals surface area contributed by atoms with E-state index in [1.54, 1.807) is 18.6 Å². The second-order valence-electron chi connectivity index (χ2n) is 8.29. The molecule has 1 amide bonds. The van der Waals surface area contributed by atoms with Crippen LogP contribution in [0.3, 0.4) is 0 Å². The minimum Gasteiger partial charge on any atom is -0.434 e. The van der Waals surface area contributed by atoms with E-state index < -0.39 is 0 Å². The summed E-state index contributed by atoms with van der Waals surface area (Å²) in [6.45, 7) is 3.39. The quantitative estimate of drug-likeness (QED) is 0.537. The summed E-state index contributed by atoms with van der Waals surface area (Å²) in [5, 5.41) is 4.70. The topological polar surface area (TPSA) is 103 Å². The molecule has 1 aliphatic heterocycles. The van der Waals surface area contributed by atoms with Gasteiger partial charge in [-0.3, -0.25) is 14.8 Å².